The third-order valence-corrected chi connectivity index (χ3v) is 7.26. The molecule has 0 aromatic heterocycles. The molecule has 140 valence electrons. The van der Waals surface area contributed by atoms with Crippen molar-refractivity contribution in [2.75, 3.05) is 4.72 Å². The van der Waals surface area contributed by atoms with Crippen LogP contribution in [0.4, 0.5) is 5.69 Å². The minimum Gasteiger partial charge on any atom is -0.280 e. The van der Waals surface area contributed by atoms with Crippen LogP contribution in [0.5, 0.6) is 0 Å². The van der Waals surface area contributed by atoms with E-state index in [9.17, 15) is 16.8 Å². The lowest BCUT2D eigenvalue weighted by Crippen LogP contribution is -2.25. The maximum absolute atomic E-state index is 12.6. The largest absolute Gasteiger partial charge is 0.280 e. The molecular formula is C19H18N2O4S2. The van der Waals surface area contributed by atoms with Crippen LogP contribution in [0.1, 0.15) is 12.8 Å². The highest BCUT2D eigenvalue weighted by Gasteiger charge is 2.28. The van der Waals surface area contributed by atoms with Gasteiger partial charge in [0.25, 0.3) is 10.0 Å². The lowest BCUT2D eigenvalue weighted by Gasteiger charge is -2.10. The molecule has 0 unspecified atom stereocenters. The van der Waals surface area contributed by atoms with E-state index in [0.717, 1.165) is 23.6 Å². The van der Waals surface area contributed by atoms with Crippen molar-refractivity contribution in [2.24, 2.45) is 0 Å². The molecule has 0 heterocycles. The summed E-state index contributed by atoms with van der Waals surface area (Å²) in [6.45, 7) is 0. The third kappa shape index (κ3) is 3.97. The van der Waals surface area contributed by atoms with Crippen LogP contribution >= 0.6 is 0 Å². The number of rotatable bonds is 6. The Hall–Kier alpha value is -2.42. The first-order valence-corrected chi connectivity index (χ1v) is 11.4. The smallest absolute Gasteiger partial charge is 0.261 e. The van der Waals surface area contributed by atoms with Crippen LogP contribution in [-0.2, 0) is 20.0 Å². The number of hydrogen-bond acceptors (Lipinski definition) is 4. The number of fused-ring (bicyclic) bond motifs is 1. The van der Waals surface area contributed by atoms with Crippen LogP contribution in [0.15, 0.2) is 76.5 Å². The molecule has 1 aliphatic carbocycles. The van der Waals surface area contributed by atoms with Crippen molar-refractivity contribution >= 4 is 36.5 Å². The highest BCUT2D eigenvalue weighted by atomic mass is 32.2. The van der Waals surface area contributed by atoms with E-state index < -0.39 is 20.0 Å². The topological polar surface area (TPSA) is 92.3 Å². The van der Waals surface area contributed by atoms with Gasteiger partial charge in [-0.2, -0.15) is 0 Å². The highest BCUT2D eigenvalue weighted by Crippen LogP contribution is 2.24. The molecule has 0 bridgehead atoms. The van der Waals surface area contributed by atoms with Crippen LogP contribution in [0.2, 0.25) is 0 Å². The quantitative estimate of drug-likeness (QED) is 0.663. The van der Waals surface area contributed by atoms with Gasteiger partial charge in [-0.15, -0.1) is 0 Å². The zero-order valence-corrected chi connectivity index (χ0v) is 15.9. The molecule has 0 saturated heterocycles. The summed E-state index contributed by atoms with van der Waals surface area (Å²) < 4.78 is 54.7. The average molecular weight is 402 g/mol. The number of hydrogen-bond donors (Lipinski definition) is 2. The molecule has 1 saturated carbocycles. The van der Waals surface area contributed by atoms with Gasteiger partial charge in [-0.05, 0) is 60.0 Å². The molecule has 1 fully saturated rings. The monoisotopic (exact) mass is 402 g/mol. The van der Waals surface area contributed by atoms with E-state index in [4.69, 9.17) is 0 Å². The number of benzene rings is 3. The van der Waals surface area contributed by atoms with Gasteiger partial charge >= 0.3 is 0 Å². The van der Waals surface area contributed by atoms with E-state index in [1.54, 1.807) is 18.2 Å². The Labute approximate surface area is 158 Å². The summed E-state index contributed by atoms with van der Waals surface area (Å²) >= 11 is 0. The molecule has 8 heteroatoms. The lowest BCUT2D eigenvalue weighted by molar-refractivity contribution is 0.581. The average Bonchev–Trinajstić information content (AvgIpc) is 3.45. The Kier molecular flexibility index (Phi) is 4.41. The Bertz CT molecular complexity index is 1200. The van der Waals surface area contributed by atoms with Gasteiger partial charge in [-0.25, -0.2) is 21.6 Å². The Morgan fingerprint density at radius 2 is 1.33 bits per heavy atom. The molecule has 0 radical (unpaired) electrons. The molecular weight excluding hydrogens is 384 g/mol. The second kappa shape index (κ2) is 6.63. The number of sulfonamides is 2. The fourth-order valence-electron chi connectivity index (χ4n) is 2.74. The van der Waals surface area contributed by atoms with Gasteiger partial charge in [-0.3, -0.25) is 4.72 Å². The summed E-state index contributed by atoms with van der Waals surface area (Å²) in [5.41, 5.74) is 0.300. The summed E-state index contributed by atoms with van der Waals surface area (Å²) in [6, 6.07) is 18.1. The Morgan fingerprint density at radius 3 is 2.00 bits per heavy atom. The maximum atomic E-state index is 12.6. The van der Waals surface area contributed by atoms with Gasteiger partial charge in [-0.1, -0.05) is 30.3 Å². The van der Waals surface area contributed by atoms with E-state index in [0.29, 0.717) is 5.69 Å². The van der Waals surface area contributed by atoms with Gasteiger partial charge in [0, 0.05) is 11.7 Å². The molecule has 27 heavy (non-hydrogen) atoms. The van der Waals surface area contributed by atoms with Crippen LogP contribution in [0.25, 0.3) is 10.8 Å². The van der Waals surface area contributed by atoms with Crippen LogP contribution in [0, 0.1) is 0 Å². The zero-order valence-electron chi connectivity index (χ0n) is 14.3. The first-order chi connectivity index (χ1) is 12.8. The second-order valence-corrected chi connectivity index (χ2v) is 9.93. The molecule has 0 spiro atoms. The number of anilines is 1. The summed E-state index contributed by atoms with van der Waals surface area (Å²) in [7, 11) is -7.34. The van der Waals surface area contributed by atoms with Crippen molar-refractivity contribution in [3.05, 3.63) is 66.7 Å². The van der Waals surface area contributed by atoms with E-state index >= 15 is 0 Å². The molecule has 0 amide bonds. The van der Waals surface area contributed by atoms with Gasteiger partial charge in [0.2, 0.25) is 10.0 Å². The SMILES string of the molecule is O=S(=O)(Nc1ccc(S(=O)(=O)NC2CC2)cc1)c1ccc2ccccc2c1. The van der Waals surface area contributed by atoms with Crippen molar-refractivity contribution < 1.29 is 16.8 Å². The van der Waals surface area contributed by atoms with Crippen LogP contribution in [0.3, 0.4) is 0 Å². The highest BCUT2D eigenvalue weighted by molar-refractivity contribution is 7.92. The second-order valence-electron chi connectivity index (χ2n) is 6.53. The van der Waals surface area contributed by atoms with E-state index in [-0.39, 0.29) is 15.8 Å². The first kappa shape index (κ1) is 18.0. The molecule has 0 aliphatic heterocycles. The molecule has 3 aromatic rings. The molecule has 2 N–H and O–H groups in total. The van der Waals surface area contributed by atoms with Crippen molar-refractivity contribution in [3.8, 4) is 0 Å². The van der Waals surface area contributed by atoms with Gasteiger partial charge in [0.05, 0.1) is 9.79 Å². The van der Waals surface area contributed by atoms with Crippen LogP contribution in [-0.4, -0.2) is 22.9 Å². The van der Waals surface area contributed by atoms with Crippen LogP contribution < -0.4 is 9.44 Å². The van der Waals surface area contributed by atoms with E-state index in [2.05, 4.69) is 9.44 Å². The van der Waals surface area contributed by atoms with E-state index in [1.165, 1.54) is 24.3 Å². The Balaban J connectivity index is 1.56. The van der Waals surface area contributed by atoms with Crippen molar-refractivity contribution in [1.29, 1.82) is 0 Å². The molecule has 6 nitrogen and oxygen atoms in total. The normalized spacial score (nSPS) is 15.0. The standard InChI is InChI=1S/C19H18N2O4S2/c22-26(23,20-16-6-7-16)18-11-8-17(9-12-18)21-27(24,25)19-10-5-14-3-1-2-4-15(14)13-19/h1-5,8-13,16,20-21H,6-7H2. The summed E-state index contributed by atoms with van der Waals surface area (Å²) in [5, 5.41) is 1.78. The van der Waals surface area contributed by atoms with Crippen molar-refractivity contribution in [1.82, 2.24) is 4.72 Å². The van der Waals surface area contributed by atoms with Gasteiger partial charge in [0.1, 0.15) is 0 Å². The first-order valence-electron chi connectivity index (χ1n) is 8.48. The van der Waals surface area contributed by atoms with Gasteiger partial charge in [0.15, 0.2) is 0 Å². The number of nitrogens with one attached hydrogen (secondary N) is 2. The Morgan fingerprint density at radius 1 is 0.704 bits per heavy atom. The van der Waals surface area contributed by atoms with Crippen molar-refractivity contribution in [2.45, 2.75) is 28.7 Å². The lowest BCUT2D eigenvalue weighted by atomic mass is 10.1. The fourth-order valence-corrected chi connectivity index (χ4v) is 5.14. The van der Waals surface area contributed by atoms with E-state index in [1.807, 2.05) is 24.3 Å². The zero-order chi connectivity index (χ0) is 19.1. The van der Waals surface area contributed by atoms with Crippen molar-refractivity contribution in [3.63, 3.8) is 0 Å². The minimum atomic E-state index is -3.78. The summed E-state index contributed by atoms with van der Waals surface area (Å²) in [4.78, 5) is 0.261. The predicted molar refractivity (Wildman–Crippen MR) is 105 cm³/mol. The molecule has 1 aliphatic rings. The molecule has 3 aromatic carbocycles. The summed E-state index contributed by atoms with van der Waals surface area (Å²) in [6.07, 6.45) is 1.70. The molecule has 0 atom stereocenters. The predicted octanol–water partition coefficient (Wildman–Crippen LogP) is 3.08. The minimum absolute atomic E-state index is 0.0149. The third-order valence-electron chi connectivity index (χ3n) is 4.35. The molecule has 4 rings (SSSR count). The maximum Gasteiger partial charge on any atom is 0.261 e. The fraction of sp³-hybridized carbons (Fsp3) is 0.158. The summed E-state index contributed by atoms with van der Waals surface area (Å²) in [5.74, 6) is 0. The van der Waals surface area contributed by atoms with Gasteiger partial charge < -0.3 is 0 Å².